The highest BCUT2D eigenvalue weighted by atomic mass is 32.1. The third kappa shape index (κ3) is 0.900. The highest BCUT2D eigenvalue weighted by Gasteiger charge is 2.32. The van der Waals surface area contributed by atoms with Crippen molar-refractivity contribution in [2.45, 2.75) is 4.75 Å². The molecule has 1 saturated heterocycles. The van der Waals surface area contributed by atoms with Crippen molar-refractivity contribution in [1.82, 2.24) is 0 Å². The smallest absolute Gasteiger partial charge is 0.0717 e. The summed E-state index contributed by atoms with van der Waals surface area (Å²) in [6.07, 6.45) is 0. The summed E-state index contributed by atoms with van der Waals surface area (Å²) in [5.74, 6) is 0. The normalized spacial score (nSPS) is 26.6. The molecule has 2 N–H and O–H groups in total. The first kappa shape index (κ1) is 5.41. The van der Waals surface area contributed by atoms with Crippen molar-refractivity contribution < 1.29 is 4.74 Å². The van der Waals surface area contributed by atoms with E-state index in [1.54, 1.807) is 0 Å². The van der Waals surface area contributed by atoms with E-state index in [1.807, 2.05) is 0 Å². The van der Waals surface area contributed by atoms with Crippen LogP contribution >= 0.6 is 12.6 Å². The third-order valence-corrected chi connectivity index (χ3v) is 1.56. The van der Waals surface area contributed by atoms with Gasteiger partial charge in [-0.2, -0.15) is 12.6 Å². The lowest BCUT2D eigenvalue weighted by atomic mass is 10.1. The van der Waals surface area contributed by atoms with Gasteiger partial charge in [-0.15, -0.1) is 0 Å². The van der Waals surface area contributed by atoms with Gasteiger partial charge in [0.05, 0.1) is 18.0 Å². The fourth-order valence-electron chi connectivity index (χ4n) is 0.456. The van der Waals surface area contributed by atoms with Crippen LogP contribution in [0.5, 0.6) is 0 Å². The van der Waals surface area contributed by atoms with E-state index in [0.717, 1.165) is 0 Å². The number of rotatable bonds is 1. The molecule has 3 heteroatoms. The Balaban J connectivity index is 2.29. The van der Waals surface area contributed by atoms with Crippen LogP contribution in [0, 0.1) is 0 Å². The minimum atomic E-state index is 0.0139. The third-order valence-electron chi connectivity index (χ3n) is 1.12. The Kier molecular flexibility index (Phi) is 1.28. The van der Waals surface area contributed by atoms with E-state index >= 15 is 0 Å². The molecule has 0 bridgehead atoms. The Labute approximate surface area is 48.4 Å². The van der Waals surface area contributed by atoms with E-state index in [2.05, 4.69) is 12.6 Å². The lowest BCUT2D eigenvalue weighted by molar-refractivity contribution is -0.00326. The average Bonchev–Trinajstić information content (AvgIpc) is 1.61. The van der Waals surface area contributed by atoms with Crippen LogP contribution in [0.1, 0.15) is 0 Å². The minimum absolute atomic E-state index is 0.0139. The fraction of sp³-hybridized carbons (Fsp3) is 1.00. The molecular formula is C4H9NOS. The largest absolute Gasteiger partial charge is 0.378 e. The lowest BCUT2D eigenvalue weighted by Gasteiger charge is -2.35. The molecule has 1 rings (SSSR count). The molecule has 42 valence electrons. The summed E-state index contributed by atoms with van der Waals surface area (Å²) in [6, 6.07) is 0. The molecule has 1 heterocycles. The highest BCUT2D eigenvalue weighted by molar-refractivity contribution is 7.82. The highest BCUT2D eigenvalue weighted by Crippen LogP contribution is 2.21. The molecule has 0 amide bonds. The molecule has 0 aromatic carbocycles. The van der Waals surface area contributed by atoms with Gasteiger partial charge in [-0.25, -0.2) is 0 Å². The van der Waals surface area contributed by atoms with Gasteiger partial charge in [0.15, 0.2) is 0 Å². The monoisotopic (exact) mass is 119 g/mol. The van der Waals surface area contributed by atoms with Crippen LogP contribution < -0.4 is 5.73 Å². The first-order chi connectivity index (χ1) is 3.27. The molecule has 1 fully saturated rings. The second-order valence-corrected chi connectivity index (χ2v) is 2.87. The standard InChI is InChI=1S/C4H9NOS/c5-1-4(7)2-6-3-4/h7H,1-3,5H2. The summed E-state index contributed by atoms with van der Waals surface area (Å²) in [5.41, 5.74) is 5.31. The van der Waals surface area contributed by atoms with Gasteiger partial charge < -0.3 is 10.5 Å². The van der Waals surface area contributed by atoms with Crippen molar-refractivity contribution in [3.8, 4) is 0 Å². The SMILES string of the molecule is NCC1(S)COC1. The number of ether oxygens (including phenoxy) is 1. The maximum Gasteiger partial charge on any atom is 0.0717 e. The van der Waals surface area contributed by atoms with Crippen molar-refractivity contribution in [1.29, 1.82) is 0 Å². The van der Waals surface area contributed by atoms with Gasteiger partial charge in [0.2, 0.25) is 0 Å². The van der Waals surface area contributed by atoms with Crippen LogP contribution in [0.15, 0.2) is 0 Å². The molecule has 0 aromatic rings. The minimum Gasteiger partial charge on any atom is -0.378 e. The molecule has 0 spiro atoms. The van der Waals surface area contributed by atoms with Crippen LogP contribution in [0.3, 0.4) is 0 Å². The number of hydrogen-bond acceptors (Lipinski definition) is 3. The summed E-state index contributed by atoms with van der Waals surface area (Å²) in [7, 11) is 0. The van der Waals surface area contributed by atoms with Gasteiger partial charge in [0.1, 0.15) is 0 Å². The van der Waals surface area contributed by atoms with Gasteiger partial charge >= 0.3 is 0 Å². The molecule has 0 unspecified atom stereocenters. The summed E-state index contributed by atoms with van der Waals surface area (Å²) < 4.78 is 4.89. The number of nitrogens with two attached hydrogens (primary N) is 1. The van der Waals surface area contributed by atoms with E-state index in [9.17, 15) is 0 Å². The van der Waals surface area contributed by atoms with Crippen LogP contribution in [0.25, 0.3) is 0 Å². The Hall–Kier alpha value is 0.270. The second kappa shape index (κ2) is 1.65. The van der Waals surface area contributed by atoms with E-state index < -0.39 is 0 Å². The molecule has 0 saturated carbocycles. The Bertz CT molecular complexity index is 66.6. The zero-order valence-corrected chi connectivity index (χ0v) is 4.95. The molecule has 0 atom stereocenters. The number of thiol groups is 1. The van der Waals surface area contributed by atoms with Crippen LogP contribution in [-0.2, 0) is 4.74 Å². The zero-order valence-electron chi connectivity index (χ0n) is 4.05. The summed E-state index contributed by atoms with van der Waals surface area (Å²) in [4.78, 5) is 0. The molecular weight excluding hydrogens is 110 g/mol. The van der Waals surface area contributed by atoms with Gasteiger partial charge in [-0.1, -0.05) is 0 Å². The molecule has 0 aliphatic carbocycles. The summed E-state index contributed by atoms with van der Waals surface area (Å²) >= 11 is 4.22. The molecule has 7 heavy (non-hydrogen) atoms. The quantitative estimate of drug-likeness (QED) is 0.462. The first-order valence-corrected chi connectivity index (χ1v) is 2.72. The van der Waals surface area contributed by atoms with Crippen molar-refractivity contribution >= 4 is 12.6 Å². The molecule has 0 radical (unpaired) electrons. The van der Waals surface area contributed by atoms with Crippen molar-refractivity contribution in [2.24, 2.45) is 5.73 Å². The van der Waals surface area contributed by atoms with Gasteiger partial charge in [-0.05, 0) is 0 Å². The molecule has 1 aliphatic rings. The van der Waals surface area contributed by atoms with Gasteiger partial charge in [0, 0.05) is 6.54 Å². The Morgan fingerprint density at radius 1 is 1.71 bits per heavy atom. The van der Waals surface area contributed by atoms with Crippen LogP contribution in [-0.4, -0.2) is 24.5 Å². The van der Waals surface area contributed by atoms with Gasteiger partial charge in [-0.3, -0.25) is 0 Å². The van der Waals surface area contributed by atoms with Crippen LogP contribution in [0.2, 0.25) is 0 Å². The fourth-order valence-corrected chi connectivity index (χ4v) is 0.638. The summed E-state index contributed by atoms with van der Waals surface area (Å²) in [6.45, 7) is 2.05. The zero-order chi connectivity index (χ0) is 5.33. The van der Waals surface area contributed by atoms with Crippen LogP contribution in [0.4, 0.5) is 0 Å². The Morgan fingerprint density at radius 3 is 2.29 bits per heavy atom. The predicted molar refractivity (Wildman–Crippen MR) is 31.6 cm³/mol. The molecule has 2 nitrogen and oxygen atoms in total. The second-order valence-electron chi connectivity index (χ2n) is 1.92. The molecule has 1 aliphatic heterocycles. The van der Waals surface area contributed by atoms with E-state index in [0.29, 0.717) is 19.8 Å². The Morgan fingerprint density at radius 2 is 2.29 bits per heavy atom. The van der Waals surface area contributed by atoms with Crippen molar-refractivity contribution in [3.63, 3.8) is 0 Å². The van der Waals surface area contributed by atoms with E-state index in [1.165, 1.54) is 0 Å². The molecule has 0 aromatic heterocycles. The summed E-state index contributed by atoms with van der Waals surface area (Å²) in [5, 5.41) is 0. The lowest BCUT2D eigenvalue weighted by Crippen LogP contribution is -2.50. The predicted octanol–water partition coefficient (Wildman–Crippen LogP) is -0.356. The topological polar surface area (TPSA) is 35.2 Å². The number of hydrogen-bond donors (Lipinski definition) is 2. The maximum atomic E-state index is 5.31. The van der Waals surface area contributed by atoms with E-state index in [4.69, 9.17) is 10.5 Å². The first-order valence-electron chi connectivity index (χ1n) is 2.27. The van der Waals surface area contributed by atoms with Crippen molar-refractivity contribution in [2.75, 3.05) is 19.8 Å². The van der Waals surface area contributed by atoms with E-state index in [-0.39, 0.29) is 4.75 Å². The van der Waals surface area contributed by atoms with Gasteiger partial charge in [0.25, 0.3) is 0 Å². The maximum absolute atomic E-state index is 5.31. The average molecular weight is 119 g/mol. The van der Waals surface area contributed by atoms with Crippen molar-refractivity contribution in [3.05, 3.63) is 0 Å².